The van der Waals surface area contributed by atoms with E-state index in [9.17, 15) is 0 Å². The summed E-state index contributed by atoms with van der Waals surface area (Å²) in [5, 5.41) is 0.642. The van der Waals surface area contributed by atoms with Gasteiger partial charge in [0.05, 0.1) is 6.61 Å². The smallest absolute Gasteiger partial charge is 0.293 e. The summed E-state index contributed by atoms with van der Waals surface area (Å²) in [6.07, 6.45) is 3.56. The molecule has 0 unspecified atom stereocenters. The average molecular weight is 259 g/mol. The van der Waals surface area contributed by atoms with Gasteiger partial charge in [0.25, 0.3) is 5.19 Å². The molecular formula is C14H15N2OS. The molecule has 1 aliphatic carbocycles. The Morgan fingerprint density at radius 1 is 1.28 bits per heavy atom. The lowest BCUT2D eigenvalue weighted by Gasteiger charge is -2.37. The van der Waals surface area contributed by atoms with Crippen LogP contribution in [0.25, 0.3) is 11.4 Å². The fourth-order valence-electron chi connectivity index (χ4n) is 2.01. The third-order valence-corrected chi connectivity index (χ3v) is 3.98. The van der Waals surface area contributed by atoms with Crippen LogP contribution in [0.3, 0.4) is 0 Å². The minimum Gasteiger partial charge on any atom is -0.468 e. The van der Waals surface area contributed by atoms with Crippen LogP contribution < -0.4 is 4.74 Å². The number of hydrogen-bond acceptors (Lipinski definition) is 4. The van der Waals surface area contributed by atoms with E-state index >= 15 is 0 Å². The molecule has 1 saturated carbocycles. The highest BCUT2D eigenvalue weighted by atomic mass is 32.1. The first-order valence-corrected chi connectivity index (χ1v) is 6.90. The van der Waals surface area contributed by atoms with Crippen LogP contribution in [0.2, 0.25) is 0 Å². The summed E-state index contributed by atoms with van der Waals surface area (Å²) in [5.41, 5.74) is 1.13. The van der Waals surface area contributed by atoms with E-state index < -0.39 is 0 Å². The standard InChI is InChI=1S/C14H15N2OS/c1-14(8-5-9-14)10-17-13-15-12(16-18-13)11-6-3-2-4-7-11/h2-4,6-7H,1,5,8-10H2. The molecule has 4 heteroatoms. The van der Waals surface area contributed by atoms with Crippen molar-refractivity contribution in [1.82, 2.24) is 9.36 Å². The Kier molecular flexibility index (Phi) is 3.04. The van der Waals surface area contributed by atoms with Crippen molar-refractivity contribution in [2.24, 2.45) is 5.41 Å². The number of benzene rings is 1. The molecule has 1 radical (unpaired) electrons. The summed E-state index contributed by atoms with van der Waals surface area (Å²) < 4.78 is 10.0. The van der Waals surface area contributed by atoms with Crippen molar-refractivity contribution in [3.63, 3.8) is 0 Å². The van der Waals surface area contributed by atoms with Gasteiger partial charge in [0, 0.05) is 22.5 Å². The van der Waals surface area contributed by atoms with E-state index in [0.29, 0.717) is 11.8 Å². The van der Waals surface area contributed by atoms with Crippen LogP contribution in [0.15, 0.2) is 30.3 Å². The van der Waals surface area contributed by atoms with Crippen molar-refractivity contribution >= 4 is 11.5 Å². The Bertz CT molecular complexity index is 520. The number of hydrogen-bond donors (Lipinski definition) is 0. The molecule has 0 aliphatic heterocycles. The van der Waals surface area contributed by atoms with Gasteiger partial charge >= 0.3 is 0 Å². The van der Waals surface area contributed by atoms with E-state index in [4.69, 9.17) is 4.74 Å². The van der Waals surface area contributed by atoms with Gasteiger partial charge in [0.15, 0.2) is 5.82 Å². The third-order valence-electron chi connectivity index (χ3n) is 3.36. The minimum atomic E-state index is 0.110. The van der Waals surface area contributed by atoms with Crippen molar-refractivity contribution in [3.05, 3.63) is 37.3 Å². The first-order chi connectivity index (χ1) is 8.75. The third kappa shape index (κ3) is 2.38. The summed E-state index contributed by atoms with van der Waals surface area (Å²) in [6.45, 7) is 4.84. The lowest BCUT2D eigenvalue weighted by Crippen LogP contribution is -2.32. The predicted molar refractivity (Wildman–Crippen MR) is 72.5 cm³/mol. The van der Waals surface area contributed by atoms with Crippen molar-refractivity contribution in [3.8, 4) is 16.6 Å². The van der Waals surface area contributed by atoms with Crippen LogP contribution in [0, 0.1) is 12.3 Å². The topological polar surface area (TPSA) is 35.0 Å². The largest absolute Gasteiger partial charge is 0.468 e. The van der Waals surface area contributed by atoms with Crippen LogP contribution in [0.1, 0.15) is 19.3 Å². The quantitative estimate of drug-likeness (QED) is 0.841. The first-order valence-electron chi connectivity index (χ1n) is 6.13. The zero-order valence-corrected chi connectivity index (χ0v) is 10.9. The normalized spacial score (nSPS) is 17.2. The van der Waals surface area contributed by atoms with Crippen molar-refractivity contribution in [2.45, 2.75) is 19.3 Å². The molecule has 0 atom stereocenters. The van der Waals surface area contributed by atoms with E-state index in [-0.39, 0.29) is 5.41 Å². The second kappa shape index (κ2) is 4.69. The number of rotatable bonds is 4. The van der Waals surface area contributed by atoms with Gasteiger partial charge in [0.2, 0.25) is 0 Å². The van der Waals surface area contributed by atoms with Gasteiger partial charge in [-0.2, -0.15) is 9.36 Å². The van der Waals surface area contributed by atoms with Gasteiger partial charge in [-0.3, -0.25) is 0 Å². The van der Waals surface area contributed by atoms with Crippen molar-refractivity contribution < 1.29 is 4.74 Å². The lowest BCUT2D eigenvalue weighted by molar-refractivity contribution is 0.104. The number of nitrogens with zero attached hydrogens (tertiary/aromatic N) is 2. The SMILES string of the molecule is [CH2]C1(COc2nc(-c3ccccc3)ns2)CCC1. The molecular weight excluding hydrogens is 244 g/mol. The second-order valence-corrected chi connectivity index (χ2v) is 5.61. The second-order valence-electron chi connectivity index (χ2n) is 4.89. The van der Waals surface area contributed by atoms with E-state index in [2.05, 4.69) is 16.3 Å². The molecule has 1 aromatic heterocycles. The molecule has 3 nitrogen and oxygen atoms in total. The van der Waals surface area contributed by atoms with Crippen LogP contribution >= 0.6 is 11.5 Å². The molecule has 0 N–H and O–H groups in total. The van der Waals surface area contributed by atoms with Crippen LogP contribution in [0.4, 0.5) is 0 Å². The Morgan fingerprint density at radius 3 is 2.72 bits per heavy atom. The molecule has 1 heterocycles. The predicted octanol–water partition coefficient (Wildman–Crippen LogP) is 3.59. The molecule has 1 aromatic carbocycles. The lowest BCUT2D eigenvalue weighted by atomic mass is 9.71. The van der Waals surface area contributed by atoms with E-state index in [1.165, 1.54) is 18.0 Å². The van der Waals surface area contributed by atoms with Gasteiger partial charge in [-0.25, -0.2) is 0 Å². The Balaban J connectivity index is 1.66. The van der Waals surface area contributed by atoms with Crippen LogP contribution in [-0.4, -0.2) is 16.0 Å². The summed E-state index contributed by atoms with van der Waals surface area (Å²) in [4.78, 5) is 4.40. The van der Waals surface area contributed by atoms with Crippen molar-refractivity contribution in [2.75, 3.05) is 6.61 Å². The minimum absolute atomic E-state index is 0.110. The van der Waals surface area contributed by atoms with Gasteiger partial charge in [-0.1, -0.05) is 36.8 Å². The summed E-state index contributed by atoms with van der Waals surface area (Å²) in [6, 6.07) is 9.95. The summed E-state index contributed by atoms with van der Waals surface area (Å²) in [7, 11) is 0. The zero-order valence-electron chi connectivity index (χ0n) is 10.1. The van der Waals surface area contributed by atoms with Gasteiger partial charge < -0.3 is 4.74 Å². The Labute approximate surface area is 111 Å². The first kappa shape index (κ1) is 11.7. The van der Waals surface area contributed by atoms with E-state index in [1.54, 1.807) is 0 Å². The molecule has 18 heavy (non-hydrogen) atoms. The fraction of sp³-hybridized carbons (Fsp3) is 0.357. The average Bonchev–Trinajstić information content (AvgIpc) is 2.84. The highest BCUT2D eigenvalue weighted by Crippen LogP contribution is 2.40. The number of aromatic nitrogens is 2. The van der Waals surface area contributed by atoms with E-state index in [1.807, 2.05) is 30.3 Å². The van der Waals surface area contributed by atoms with Crippen LogP contribution in [0.5, 0.6) is 5.19 Å². The summed E-state index contributed by atoms with van der Waals surface area (Å²) in [5.74, 6) is 0.738. The Morgan fingerprint density at radius 2 is 2.06 bits per heavy atom. The molecule has 1 fully saturated rings. The van der Waals surface area contributed by atoms with Gasteiger partial charge in [-0.05, 0) is 19.8 Å². The number of ether oxygens (including phenoxy) is 1. The maximum Gasteiger partial charge on any atom is 0.293 e. The Hall–Kier alpha value is -1.42. The van der Waals surface area contributed by atoms with Gasteiger partial charge in [-0.15, -0.1) is 0 Å². The van der Waals surface area contributed by atoms with Gasteiger partial charge in [0.1, 0.15) is 0 Å². The molecule has 0 saturated heterocycles. The molecule has 3 rings (SSSR count). The molecule has 93 valence electrons. The maximum atomic E-state index is 5.70. The molecule has 1 aliphatic rings. The molecule has 0 amide bonds. The molecule has 0 spiro atoms. The highest BCUT2D eigenvalue weighted by Gasteiger charge is 2.33. The van der Waals surface area contributed by atoms with Crippen LogP contribution in [-0.2, 0) is 0 Å². The fourth-order valence-corrected chi connectivity index (χ4v) is 2.56. The van der Waals surface area contributed by atoms with E-state index in [0.717, 1.165) is 24.2 Å². The summed E-state index contributed by atoms with van der Waals surface area (Å²) >= 11 is 1.31. The monoisotopic (exact) mass is 259 g/mol. The van der Waals surface area contributed by atoms with Crippen molar-refractivity contribution in [1.29, 1.82) is 0 Å². The zero-order chi connectivity index (χ0) is 12.4. The maximum absolute atomic E-state index is 5.70. The molecule has 2 aromatic rings. The highest BCUT2D eigenvalue weighted by molar-refractivity contribution is 7.07. The molecule has 0 bridgehead atoms.